The lowest BCUT2D eigenvalue weighted by atomic mass is 9.78. The molecule has 1 aliphatic rings. The van der Waals surface area contributed by atoms with Crippen LogP contribution in [0.25, 0.3) is 0 Å². The second kappa shape index (κ2) is 5.14. The molecule has 0 saturated carbocycles. The zero-order valence-electron chi connectivity index (χ0n) is 10.2. The number of hydrogen-bond acceptors (Lipinski definition) is 1. The van der Waals surface area contributed by atoms with Gasteiger partial charge in [-0.1, -0.05) is 20.3 Å². The molecule has 0 radical (unpaired) electrons. The van der Waals surface area contributed by atoms with Gasteiger partial charge in [-0.15, -0.1) is 0 Å². The van der Waals surface area contributed by atoms with Crippen molar-refractivity contribution in [1.29, 1.82) is 0 Å². The Balaban J connectivity index is 2.36. The van der Waals surface area contributed by atoms with Crippen LogP contribution < -0.4 is 5.32 Å². The van der Waals surface area contributed by atoms with Crippen LogP contribution in [-0.4, -0.2) is 36.7 Å². The number of nitrogens with zero attached hydrogens (tertiary/aromatic N) is 1. The molecule has 6 heteroatoms. The summed E-state index contributed by atoms with van der Waals surface area (Å²) in [5.41, 5.74) is 0.223. The second-order valence-corrected chi connectivity index (χ2v) is 4.93. The third-order valence-electron chi connectivity index (χ3n) is 3.55. The van der Waals surface area contributed by atoms with E-state index in [2.05, 4.69) is 13.8 Å². The Labute approximate surface area is 99.4 Å². The van der Waals surface area contributed by atoms with E-state index in [0.717, 1.165) is 19.3 Å². The van der Waals surface area contributed by atoms with Gasteiger partial charge in [0, 0.05) is 13.1 Å². The van der Waals surface area contributed by atoms with E-state index >= 15 is 0 Å². The Kier molecular flexibility index (Phi) is 4.27. The van der Waals surface area contributed by atoms with Gasteiger partial charge in [-0.25, -0.2) is 4.79 Å². The molecule has 1 saturated heterocycles. The van der Waals surface area contributed by atoms with Gasteiger partial charge in [0.05, 0.1) is 0 Å². The predicted octanol–water partition coefficient (Wildman–Crippen LogP) is 2.77. The van der Waals surface area contributed by atoms with E-state index in [0.29, 0.717) is 13.1 Å². The van der Waals surface area contributed by atoms with Crippen molar-refractivity contribution in [3.8, 4) is 0 Å². The molecule has 1 rings (SSSR count). The highest BCUT2D eigenvalue weighted by Crippen LogP contribution is 2.33. The molecule has 17 heavy (non-hydrogen) atoms. The van der Waals surface area contributed by atoms with Crippen LogP contribution >= 0.6 is 0 Å². The van der Waals surface area contributed by atoms with Crippen LogP contribution in [0.1, 0.15) is 33.1 Å². The fraction of sp³-hybridized carbons (Fsp3) is 0.909. The number of carbonyl (C=O) groups is 1. The molecule has 1 heterocycles. The van der Waals surface area contributed by atoms with E-state index < -0.39 is 18.8 Å². The number of halogens is 3. The molecule has 0 unspecified atom stereocenters. The summed E-state index contributed by atoms with van der Waals surface area (Å²) in [5, 5.41) is 1.90. The maximum atomic E-state index is 11.9. The number of piperidine rings is 1. The minimum Gasteiger partial charge on any atom is -0.329 e. The molecule has 0 spiro atoms. The monoisotopic (exact) mass is 252 g/mol. The minimum absolute atomic E-state index is 0.223. The summed E-state index contributed by atoms with van der Waals surface area (Å²) in [6.07, 6.45) is -1.61. The largest absolute Gasteiger partial charge is 0.405 e. The zero-order chi connectivity index (χ0) is 13.1. The number of hydrogen-bond donors (Lipinski definition) is 1. The van der Waals surface area contributed by atoms with E-state index in [9.17, 15) is 18.0 Å². The van der Waals surface area contributed by atoms with Gasteiger partial charge in [0.15, 0.2) is 0 Å². The number of nitrogens with one attached hydrogen (secondary N) is 1. The van der Waals surface area contributed by atoms with Gasteiger partial charge in [-0.05, 0) is 18.3 Å². The lowest BCUT2D eigenvalue weighted by Crippen LogP contribution is -2.48. The summed E-state index contributed by atoms with van der Waals surface area (Å²) in [5.74, 6) is 0. The Morgan fingerprint density at radius 3 is 2.29 bits per heavy atom. The van der Waals surface area contributed by atoms with Crippen molar-refractivity contribution in [2.75, 3.05) is 19.6 Å². The summed E-state index contributed by atoms with van der Waals surface area (Å²) in [6, 6.07) is -0.611. The summed E-state index contributed by atoms with van der Waals surface area (Å²) in [7, 11) is 0. The molecule has 0 bridgehead atoms. The van der Waals surface area contributed by atoms with E-state index in [1.807, 2.05) is 5.32 Å². The average Bonchev–Trinajstić information content (AvgIpc) is 2.26. The molecule has 1 fully saturated rings. The average molecular weight is 252 g/mol. The van der Waals surface area contributed by atoms with Gasteiger partial charge in [0.2, 0.25) is 0 Å². The molecule has 0 aromatic rings. The van der Waals surface area contributed by atoms with Crippen LogP contribution in [0.4, 0.5) is 18.0 Å². The normalized spacial score (nSPS) is 20.2. The highest BCUT2D eigenvalue weighted by atomic mass is 19.4. The van der Waals surface area contributed by atoms with Gasteiger partial charge in [0.1, 0.15) is 6.54 Å². The zero-order valence-corrected chi connectivity index (χ0v) is 10.2. The lowest BCUT2D eigenvalue weighted by Gasteiger charge is -2.38. The quantitative estimate of drug-likeness (QED) is 0.805. The molecule has 0 aromatic heterocycles. The molecule has 1 aliphatic heterocycles. The van der Waals surface area contributed by atoms with Gasteiger partial charge in [-0.3, -0.25) is 0 Å². The first-order valence-electron chi connectivity index (χ1n) is 5.85. The van der Waals surface area contributed by atoms with E-state index in [1.54, 1.807) is 0 Å². The van der Waals surface area contributed by atoms with Crippen molar-refractivity contribution in [1.82, 2.24) is 10.2 Å². The first kappa shape index (κ1) is 14.1. The van der Waals surface area contributed by atoms with Crippen molar-refractivity contribution in [2.24, 2.45) is 5.41 Å². The lowest BCUT2D eigenvalue weighted by molar-refractivity contribution is -0.123. The summed E-state index contributed by atoms with van der Waals surface area (Å²) in [6.45, 7) is 4.06. The van der Waals surface area contributed by atoms with E-state index in [4.69, 9.17) is 0 Å². The standard InChI is InChI=1S/C11H19F3N2O/c1-3-10(2)4-6-16(7-5-10)9(17)15-8-11(12,13)14/h3-8H2,1-2H3,(H,15,17). The predicted molar refractivity (Wildman–Crippen MR) is 58.7 cm³/mol. The van der Waals surface area contributed by atoms with Gasteiger partial charge in [0.25, 0.3) is 0 Å². The van der Waals surface area contributed by atoms with Crippen molar-refractivity contribution in [2.45, 2.75) is 39.3 Å². The number of urea groups is 1. The minimum atomic E-state index is -4.34. The fourth-order valence-electron chi connectivity index (χ4n) is 1.89. The van der Waals surface area contributed by atoms with Crippen LogP contribution in [0, 0.1) is 5.41 Å². The van der Waals surface area contributed by atoms with Crippen molar-refractivity contribution in [3.63, 3.8) is 0 Å². The maximum absolute atomic E-state index is 11.9. The molecule has 2 amide bonds. The number of likely N-dealkylation sites (tertiary alicyclic amines) is 1. The Hall–Kier alpha value is -0.940. The second-order valence-electron chi connectivity index (χ2n) is 4.93. The molecule has 0 aromatic carbocycles. The number of rotatable bonds is 2. The molecule has 0 aliphatic carbocycles. The summed E-state index contributed by atoms with van der Waals surface area (Å²) >= 11 is 0. The highest BCUT2D eigenvalue weighted by Gasteiger charge is 2.32. The molecule has 100 valence electrons. The fourth-order valence-corrected chi connectivity index (χ4v) is 1.89. The van der Waals surface area contributed by atoms with Crippen LogP contribution in [-0.2, 0) is 0 Å². The number of alkyl halides is 3. The van der Waals surface area contributed by atoms with Gasteiger partial charge in [-0.2, -0.15) is 13.2 Å². The van der Waals surface area contributed by atoms with E-state index in [1.165, 1.54) is 4.90 Å². The van der Waals surface area contributed by atoms with Crippen LogP contribution in [0.2, 0.25) is 0 Å². The van der Waals surface area contributed by atoms with Crippen LogP contribution in [0.15, 0.2) is 0 Å². The smallest absolute Gasteiger partial charge is 0.329 e. The number of carbonyl (C=O) groups excluding carboxylic acids is 1. The Morgan fingerprint density at radius 2 is 1.88 bits per heavy atom. The molecule has 0 atom stereocenters. The van der Waals surface area contributed by atoms with Crippen molar-refractivity contribution < 1.29 is 18.0 Å². The van der Waals surface area contributed by atoms with Gasteiger partial charge < -0.3 is 10.2 Å². The summed E-state index contributed by atoms with van der Waals surface area (Å²) < 4.78 is 35.8. The van der Waals surface area contributed by atoms with Crippen LogP contribution in [0.3, 0.4) is 0 Å². The third-order valence-corrected chi connectivity index (χ3v) is 3.55. The molecular weight excluding hydrogens is 233 g/mol. The summed E-state index contributed by atoms with van der Waals surface area (Å²) in [4.78, 5) is 12.9. The molecule has 1 N–H and O–H groups in total. The van der Waals surface area contributed by atoms with Crippen molar-refractivity contribution in [3.05, 3.63) is 0 Å². The van der Waals surface area contributed by atoms with Crippen LogP contribution in [0.5, 0.6) is 0 Å². The third kappa shape index (κ3) is 4.44. The SMILES string of the molecule is CCC1(C)CCN(C(=O)NCC(F)(F)F)CC1. The Morgan fingerprint density at radius 1 is 1.35 bits per heavy atom. The van der Waals surface area contributed by atoms with E-state index in [-0.39, 0.29) is 5.41 Å². The van der Waals surface area contributed by atoms with Crippen molar-refractivity contribution >= 4 is 6.03 Å². The molecular formula is C11H19F3N2O. The molecule has 3 nitrogen and oxygen atoms in total. The first-order valence-corrected chi connectivity index (χ1v) is 5.85. The highest BCUT2D eigenvalue weighted by molar-refractivity contribution is 5.74. The Bertz CT molecular complexity index is 270. The maximum Gasteiger partial charge on any atom is 0.405 e. The first-order chi connectivity index (χ1) is 7.76. The van der Waals surface area contributed by atoms with Gasteiger partial charge >= 0.3 is 12.2 Å². The topological polar surface area (TPSA) is 32.3 Å². The number of amides is 2.